The molecule has 1 amide bonds. The minimum absolute atomic E-state index is 0.0333. The van der Waals surface area contributed by atoms with Crippen LogP contribution in [0.5, 0.6) is 0 Å². The summed E-state index contributed by atoms with van der Waals surface area (Å²) in [5, 5.41) is 2.35. The van der Waals surface area contributed by atoms with Crippen molar-refractivity contribution in [3.05, 3.63) is 0 Å². The van der Waals surface area contributed by atoms with Crippen molar-refractivity contribution in [2.24, 2.45) is 0 Å². The van der Waals surface area contributed by atoms with Crippen LogP contribution in [0.4, 0.5) is 4.79 Å². The van der Waals surface area contributed by atoms with E-state index in [0.717, 1.165) is 25.7 Å². The predicted octanol–water partition coefficient (Wildman–Crippen LogP) is 1.24. The van der Waals surface area contributed by atoms with Crippen LogP contribution in [-0.4, -0.2) is 25.0 Å². The number of aldehydes is 1. The number of alkyl carbamates (subject to hydrolysis) is 1. The molecule has 1 rings (SSSR count). The highest BCUT2D eigenvalue weighted by Crippen LogP contribution is 2.20. The fourth-order valence-corrected chi connectivity index (χ4v) is 1.50. The van der Waals surface area contributed by atoms with Crippen LogP contribution in [0, 0.1) is 0 Å². The van der Waals surface area contributed by atoms with Crippen molar-refractivity contribution in [2.75, 3.05) is 6.54 Å². The zero-order valence-electron chi connectivity index (χ0n) is 7.62. The molecule has 1 N–H and O–H groups in total. The molecule has 74 valence electrons. The lowest BCUT2D eigenvalue weighted by molar-refractivity contribution is -0.107. The van der Waals surface area contributed by atoms with Gasteiger partial charge in [0.25, 0.3) is 0 Å². The second-order valence-electron chi connectivity index (χ2n) is 3.21. The summed E-state index contributed by atoms with van der Waals surface area (Å²) in [6.07, 6.45) is 5.62. The van der Waals surface area contributed by atoms with Gasteiger partial charge < -0.3 is 14.8 Å². The summed E-state index contributed by atoms with van der Waals surface area (Å²) in [6, 6.07) is 0. The van der Waals surface area contributed by atoms with E-state index in [2.05, 4.69) is 5.32 Å². The van der Waals surface area contributed by atoms with Crippen LogP contribution >= 0.6 is 0 Å². The summed E-state index contributed by atoms with van der Waals surface area (Å²) in [5.74, 6) is 0. The van der Waals surface area contributed by atoms with E-state index in [9.17, 15) is 9.59 Å². The largest absolute Gasteiger partial charge is 0.446 e. The molecule has 1 aliphatic rings. The average Bonchev–Trinajstić information content (AvgIpc) is 2.16. The van der Waals surface area contributed by atoms with Gasteiger partial charge in [0.2, 0.25) is 0 Å². The molecule has 0 spiro atoms. The molecule has 0 bridgehead atoms. The molecule has 0 radical (unpaired) electrons. The van der Waals surface area contributed by atoms with Gasteiger partial charge in [-0.2, -0.15) is 0 Å². The summed E-state index contributed by atoms with van der Waals surface area (Å²) in [7, 11) is 0. The first-order valence-electron chi connectivity index (χ1n) is 4.71. The Bertz CT molecular complexity index is 176. The number of rotatable bonds is 3. The maximum atomic E-state index is 11.0. The van der Waals surface area contributed by atoms with Gasteiger partial charge >= 0.3 is 6.09 Å². The lowest BCUT2D eigenvalue weighted by Crippen LogP contribution is -2.31. The van der Waals surface area contributed by atoms with E-state index < -0.39 is 6.09 Å². The standard InChI is InChI=1S/C9H15NO3/c11-7-6-10-9(12)13-8-4-2-1-3-5-8/h7-8H,1-6H2,(H,10,12). The fraction of sp³-hybridized carbons (Fsp3) is 0.778. The number of hydrogen-bond acceptors (Lipinski definition) is 3. The Morgan fingerprint density at radius 1 is 1.38 bits per heavy atom. The van der Waals surface area contributed by atoms with E-state index in [1.54, 1.807) is 0 Å². The number of ether oxygens (including phenoxy) is 1. The van der Waals surface area contributed by atoms with E-state index in [4.69, 9.17) is 4.74 Å². The molecular weight excluding hydrogens is 170 g/mol. The zero-order valence-corrected chi connectivity index (χ0v) is 7.62. The highest BCUT2D eigenvalue weighted by Gasteiger charge is 2.16. The van der Waals surface area contributed by atoms with Crippen LogP contribution in [0.3, 0.4) is 0 Å². The number of carbonyl (C=O) groups excluding carboxylic acids is 2. The monoisotopic (exact) mass is 185 g/mol. The molecule has 0 atom stereocenters. The Morgan fingerprint density at radius 3 is 2.69 bits per heavy atom. The molecule has 0 heterocycles. The van der Waals surface area contributed by atoms with E-state index in [-0.39, 0.29) is 12.6 Å². The number of carbonyl (C=O) groups is 2. The number of nitrogens with one attached hydrogen (secondary N) is 1. The van der Waals surface area contributed by atoms with Crippen molar-refractivity contribution in [3.63, 3.8) is 0 Å². The first kappa shape index (κ1) is 10.0. The van der Waals surface area contributed by atoms with Gasteiger partial charge in [-0.15, -0.1) is 0 Å². The molecule has 0 aliphatic heterocycles. The van der Waals surface area contributed by atoms with Crippen molar-refractivity contribution in [3.8, 4) is 0 Å². The van der Waals surface area contributed by atoms with Crippen LogP contribution in [0.2, 0.25) is 0 Å². The number of hydrogen-bond donors (Lipinski definition) is 1. The van der Waals surface area contributed by atoms with Crippen molar-refractivity contribution in [1.29, 1.82) is 0 Å². The minimum atomic E-state index is -0.473. The third kappa shape index (κ3) is 3.92. The zero-order chi connectivity index (χ0) is 9.52. The van der Waals surface area contributed by atoms with Crippen LogP contribution in [0.15, 0.2) is 0 Å². The lowest BCUT2D eigenvalue weighted by Gasteiger charge is -2.21. The molecular formula is C9H15NO3. The van der Waals surface area contributed by atoms with Crippen molar-refractivity contribution >= 4 is 12.4 Å². The SMILES string of the molecule is O=CCNC(=O)OC1CCCCC1. The van der Waals surface area contributed by atoms with Crippen molar-refractivity contribution in [1.82, 2.24) is 5.32 Å². The summed E-state index contributed by atoms with van der Waals surface area (Å²) in [5.41, 5.74) is 0. The smallest absolute Gasteiger partial charge is 0.407 e. The molecule has 0 aromatic heterocycles. The lowest BCUT2D eigenvalue weighted by atomic mass is 9.98. The van der Waals surface area contributed by atoms with Gasteiger partial charge in [0.05, 0.1) is 6.54 Å². The Labute approximate surface area is 77.6 Å². The Balaban J connectivity index is 2.14. The molecule has 4 nitrogen and oxygen atoms in total. The molecule has 0 saturated heterocycles. The topological polar surface area (TPSA) is 55.4 Å². The Morgan fingerprint density at radius 2 is 2.08 bits per heavy atom. The summed E-state index contributed by atoms with van der Waals surface area (Å²) < 4.78 is 5.08. The minimum Gasteiger partial charge on any atom is -0.446 e. The van der Waals surface area contributed by atoms with Crippen LogP contribution in [0.25, 0.3) is 0 Å². The molecule has 0 aromatic rings. The first-order chi connectivity index (χ1) is 6.33. The molecule has 1 saturated carbocycles. The Hall–Kier alpha value is -1.06. The van der Waals surface area contributed by atoms with Gasteiger partial charge in [-0.25, -0.2) is 4.79 Å². The molecule has 0 unspecified atom stereocenters. The molecule has 1 aliphatic carbocycles. The van der Waals surface area contributed by atoms with Gasteiger partial charge in [-0.1, -0.05) is 6.42 Å². The van der Waals surface area contributed by atoms with Gasteiger partial charge in [-0.3, -0.25) is 0 Å². The molecule has 13 heavy (non-hydrogen) atoms. The fourth-order valence-electron chi connectivity index (χ4n) is 1.50. The van der Waals surface area contributed by atoms with Gasteiger partial charge in [0.15, 0.2) is 0 Å². The van der Waals surface area contributed by atoms with E-state index >= 15 is 0 Å². The molecule has 4 heteroatoms. The second kappa shape index (κ2) is 5.56. The third-order valence-corrected chi connectivity index (χ3v) is 2.16. The quantitative estimate of drug-likeness (QED) is 0.673. The van der Waals surface area contributed by atoms with Gasteiger partial charge in [-0.05, 0) is 25.7 Å². The van der Waals surface area contributed by atoms with Gasteiger partial charge in [0, 0.05) is 0 Å². The maximum absolute atomic E-state index is 11.0. The van der Waals surface area contributed by atoms with E-state index in [1.165, 1.54) is 6.42 Å². The molecule has 1 fully saturated rings. The second-order valence-corrected chi connectivity index (χ2v) is 3.21. The highest BCUT2D eigenvalue weighted by atomic mass is 16.6. The summed E-state index contributed by atoms with van der Waals surface area (Å²) >= 11 is 0. The predicted molar refractivity (Wildman–Crippen MR) is 47.4 cm³/mol. The van der Waals surface area contributed by atoms with Crippen LogP contribution < -0.4 is 5.32 Å². The molecule has 0 aromatic carbocycles. The number of amides is 1. The average molecular weight is 185 g/mol. The third-order valence-electron chi connectivity index (χ3n) is 2.16. The van der Waals surface area contributed by atoms with E-state index in [0.29, 0.717) is 6.29 Å². The van der Waals surface area contributed by atoms with Crippen molar-refractivity contribution < 1.29 is 14.3 Å². The van der Waals surface area contributed by atoms with Gasteiger partial charge in [0.1, 0.15) is 12.4 Å². The summed E-state index contributed by atoms with van der Waals surface area (Å²) in [6.45, 7) is 0.0333. The normalized spacial score (nSPS) is 17.8. The van der Waals surface area contributed by atoms with E-state index in [1.807, 2.05) is 0 Å². The first-order valence-corrected chi connectivity index (χ1v) is 4.71. The highest BCUT2D eigenvalue weighted by molar-refractivity contribution is 5.71. The van der Waals surface area contributed by atoms with Crippen LogP contribution in [0.1, 0.15) is 32.1 Å². The van der Waals surface area contributed by atoms with Crippen molar-refractivity contribution in [2.45, 2.75) is 38.2 Å². The Kier molecular flexibility index (Phi) is 4.29. The van der Waals surface area contributed by atoms with Crippen LogP contribution in [-0.2, 0) is 9.53 Å². The summed E-state index contributed by atoms with van der Waals surface area (Å²) in [4.78, 5) is 20.9. The maximum Gasteiger partial charge on any atom is 0.407 e.